The summed E-state index contributed by atoms with van der Waals surface area (Å²) in [4.78, 5) is 23.6. The zero-order valence-corrected chi connectivity index (χ0v) is 21.9. The molecule has 1 saturated heterocycles. The van der Waals surface area contributed by atoms with Gasteiger partial charge in [0.2, 0.25) is 0 Å². The second kappa shape index (κ2) is 8.86. The molecule has 1 amide bonds. The molecule has 2 heterocycles. The Morgan fingerprint density at radius 3 is 2.29 bits per heavy atom. The van der Waals surface area contributed by atoms with E-state index in [9.17, 15) is 4.79 Å². The number of benzene rings is 1. The van der Waals surface area contributed by atoms with Gasteiger partial charge in [0.1, 0.15) is 17.7 Å². The van der Waals surface area contributed by atoms with Crippen LogP contribution in [-0.2, 0) is 15.6 Å². The number of piperidine rings is 1. The van der Waals surface area contributed by atoms with Crippen molar-refractivity contribution in [1.82, 2.24) is 15.3 Å². The number of hydrogen-bond donors (Lipinski definition) is 1. The number of nitrogens with zero attached hydrogens (tertiary/aromatic N) is 3. The van der Waals surface area contributed by atoms with Crippen LogP contribution in [0.1, 0.15) is 85.3 Å². The molecule has 1 aliphatic heterocycles. The second-order valence-corrected chi connectivity index (χ2v) is 12.2. The molecule has 1 aromatic heterocycles. The summed E-state index contributed by atoms with van der Waals surface area (Å²) in [5.41, 5.74) is 4.90. The van der Waals surface area contributed by atoms with E-state index in [0.717, 1.165) is 43.0 Å². The first kappa shape index (κ1) is 24.5. The minimum atomic E-state index is -0.482. The lowest BCUT2D eigenvalue weighted by Gasteiger charge is -2.42. The van der Waals surface area contributed by atoms with Gasteiger partial charge < -0.3 is 15.0 Å². The van der Waals surface area contributed by atoms with Crippen molar-refractivity contribution in [2.45, 2.75) is 96.6 Å². The molecule has 0 spiro atoms. The first-order valence-corrected chi connectivity index (χ1v) is 12.6. The number of hydrogen-bond acceptors (Lipinski definition) is 5. The Bertz CT molecular complexity index is 1050. The van der Waals surface area contributed by atoms with E-state index >= 15 is 0 Å². The summed E-state index contributed by atoms with van der Waals surface area (Å²) in [5, 5.41) is 3.01. The number of nitrogens with one attached hydrogen (secondary N) is 1. The summed E-state index contributed by atoms with van der Waals surface area (Å²) in [6, 6.07) is 9.09. The van der Waals surface area contributed by atoms with Crippen molar-refractivity contribution >= 4 is 11.9 Å². The fourth-order valence-corrected chi connectivity index (χ4v) is 5.15. The number of carbonyl (C=O) groups is 1. The lowest BCUT2D eigenvalue weighted by molar-refractivity contribution is 0.0497. The lowest BCUT2D eigenvalue weighted by atomic mass is 9.63. The van der Waals surface area contributed by atoms with E-state index in [1.807, 2.05) is 20.8 Å². The van der Waals surface area contributed by atoms with Crippen LogP contribution in [0.5, 0.6) is 0 Å². The van der Waals surface area contributed by atoms with Crippen LogP contribution in [0.15, 0.2) is 30.6 Å². The molecule has 1 N–H and O–H groups in total. The molecule has 2 aromatic rings. The topological polar surface area (TPSA) is 67.3 Å². The maximum absolute atomic E-state index is 12.1. The monoisotopic (exact) mass is 464 g/mol. The predicted octanol–water partition coefficient (Wildman–Crippen LogP) is 5.99. The van der Waals surface area contributed by atoms with E-state index < -0.39 is 5.60 Å². The van der Waals surface area contributed by atoms with Gasteiger partial charge in [-0.3, -0.25) is 0 Å². The highest BCUT2D eigenvalue weighted by Gasteiger charge is 2.37. The molecule has 34 heavy (non-hydrogen) atoms. The second-order valence-electron chi connectivity index (χ2n) is 12.2. The number of rotatable bonds is 3. The highest BCUT2D eigenvalue weighted by atomic mass is 16.6. The van der Waals surface area contributed by atoms with E-state index in [0.29, 0.717) is 0 Å². The summed E-state index contributed by atoms with van der Waals surface area (Å²) >= 11 is 0. The van der Waals surface area contributed by atoms with E-state index in [4.69, 9.17) is 4.74 Å². The van der Waals surface area contributed by atoms with Crippen molar-refractivity contribution in [1.29, 1.82) is 0 Å². The molecule has 0 atom stereocenters. The Morgan fingerprint density at radius 2 is 1.65 bits per heavy atom. The number of amides is 1. The van der Waals surface area contributed by atoms with Crippen molar-refractivity contribution in [3.05, 3.63) is 41.7 Å². The number of aromatic nitrogens is 2. The van der Waals surface area contributed by atoms with Gasteiger partial charge in [-0.15, -0.1) is 0 Å². The Labute approximate surface area is 204 Å². The van der Waals surface area contributed by atoms with Gasteiger partial charge in [-0.1, -0.05) is 39.8 Å². The molecule has 6 nitrogen and oxygen atoms in total. The Kier molecular flexibility index (Phi) is 6.38. The van der Waals surface area contributed by atoms with E-state index in [-0.39, 0.29) is 23.0 Å². The molecule has 1 aromatic carbocycles. The minimum absolute atomic E-state index is 0.124. The third-order valence-corrected chi connectivity index (χ3v) is 7.34. The number of alkyl carbamates (subject to hydrolysis) is 1. The van der Waals surface area contributed by atoms with E-state index in [1.54, 1.807) is 6.33 Å². The maximum Gasteiger partial charge on any atom is 0.407 e. The van der Waals surface area contributed by atoms with Crippen LogP contribution in [0.3, 0.4) is 0 Å². The highest BCUT2D eigenvalue weighted by molar-refractivity contribution is 5.68. The number of carbonyl (C=O) groups excluding carboxylic acids is 1. The summed E-state index contributed by atoms with van der Waals surface area (Å²) < 4.78 is 5.40. The quantitative estimate of drug-likeness (QED) is 0.605. The van der Waals surface area contributed by atoms with Crippen LogP contribution in [0.25, 0.3) is 11.3 Å². The smallest absolute Gasteiger partial charge is 0.407 e. The van der Waals surface area contributed by atoms with Crippen LogP contribution in [-0.4, -0.2) is 40.8 Å². The van der Waals surface area contributed by atoms with Crippen LogP contribution in [0, 0.1) is 0 Å². The maximum atomic E-state index is 12.1. The van der Waals surface area contributed by atoms with Gasteiger partial charge in [0.15, 0.2) is 0 Å². The number of ether oxygens (including phenoxy) is 1. The summed E-state index contributed by atoms with van der Waals surface area (Å²) in [6.07, 6.45) is 5.46. The van der Waals surface area contributed by atoms with Crippen molar-refractivity contribution in [3.63, 3.8) is 0 Å². The third kappa shape index (κ3) is 5.37. The summed E-state index contributed by atoms with van der Waals surface area (Å²) in [5.74, 6) is 0.943. The SMILES string of the molecule is CC(C)(C)OC(=O)NC1CCN(c2cc(-c3ccc4c(c3)C(C)(C)CCC4(C)C)ncn2)CC1. The average molecular weight is 465 g/mol. The third-order valence-electron chi connectivity index (χ3n) is 7.34. The zero-order chi connectivity index (χ0) is 24.7. The van der Waals surface area contributed by atoms with Crippen molar-refractivity contribution in [2.75, 3.05) is 18.0 Å². The van der Waals surface area contributed by atoms with Gasteiger partial charge in [-0.25, -0.2) is 14.8 Å². The van der Waals surface area contributed by atoms with Gasteiger partial charge in [0.25, 0.3) is 0 Å². The highest BCUT2D eigenvalue weighted by Crippen LogP contribution is 2.46. The normalized spacial score (nSPS) is 19.9. The van der Waals surface area contributed by atoms with Crippen LogP contribution < -0.4 is 10.2 Å². The Hall–Kier alpha value is -2.63. The first-order valence-electron chi connectivity index (χ1n) is 12.6. The molecule has 184 valence electrons. The zero-order valence-electron chi connectivity index (χ0n) is 21.9. The van der Waals surface area contributed by atoms with E-state index in [1.165, 1.54) is 24.0 Å². The van der Waals surface area contributed by atoms with Gasteiger partial charge in [0, 0.05) is 30.8 Å². The van der Waals surface area contributed by atoms with Gasteiger partial charge in [-0.2, -0.15) is 0 Å². The molecular formula is C28H40N4O2. The largest absolute Gasteiger partial charge is 0.444 e. The average Bonchev–Trinajstić information content (AvgIpc) is 2.76. The minimum Gasteiger partial charge on any atom is -0.444 e. The van der Waals surface area contributed by atoms with Crippen molar-refractivity contribution < 1.29 is 9.53 Å². The molecule has 0 radical (unpaired) electrons. The van der Waals surface area contributed by atoms with E-state index in [2.05, 4.69) is 72.1 Å². The molecule has 0 bridgehead atoms. The van der Waals surface area contributed by atoms with Crippen molar-refractivity contribution in [2.24, 2.45) is 0 Å². The molecule has 0 saturated carbocycles. The van der Waals surface area contributed by atoms with Crippen LogP contribution in [0.2, 0.25) is 0 Å². The number of fused-ring (bicyclic) bond motifs is 1. The molecule has 1 fully saturated rings. The Balaban J connectivity index is 1.47. The fourth-order valence-electron chi connectivity index (χ4n) is 5.15. The van der Waals surface area contributed by atoms with Gasteiger partial charge >= 0.3 is 6.09 Å². The molecule has 2 aliphatic rings. The molecule has 0 unspecified atom stereocenters. The standard InChI is InChI=1S/C28H40N4O2/c1-26(2,3)34-25(33)31-20-10-14-32(15-11-20)24-17-23(29-18-30-24)19-8-9-21-22(16-19)28(6,7)13-12-27(21,4)5/h8-9,16-18,20H,10-15H2,1-7H3,(H,31,33). The number of anilines is 1. The lowest BCUT2D eigenvalue weighted by Crippen LogP contribution is -2.46. The molecule has 6 heteroatoms. The van der Waals surface area contributed by atoms with Gasteiger partial charge in [0.05, 0.1) is 5.69 Å². The van der Waals surface area contributed by atoms with Crippen molar-refractivity contribution in [3.8, 4) is 11.3 Å². The first-order chi connectivity index (χ1) is 15.8. The van der Waals surface area contributed by atoms with Gasteiger partial charge in [-0.05, 0) is 74.5 Å². The summed E-state index contributed by atoms with van der Waals surface area (Å²) in [7, 11) is 0. The fraction of sp³-hybridized carbons (Fsp3) is 0.607. The van der Waals surface area contributed by atoms with Crippen LogP contribution in [0.4, 0.5) is 10.6 Å². The predicted molar refractivity (Wildman–Crippen MR) is 137 cm³/mol. The molecular weight excluding hydrogens is 424 g/mol. The molecule has 1 aliphatic carbocycles. The Morgan fingerprint density at radius 1 is 1.00 bits per heavy atom. The summed E-state index contributed by atoms with van der Waals surface area (Å²) in [6.45, 7) is 16.7. The van der Waals surface area contributed by atoms with Crippen LogP contribution >= 0.6 is 0 Å². The molecule has 4 rings (SSSR count).